The summed E-state index contributed by atoms with van der Waals surface area (Å²) in [4.78, 5) is 16.6. The number of nitrogens with zero attached hydrogens (tertiary/aromatic N) is 3. The van der Waals surface area contributed by atoms with Crippen molar-refractivity contribution in [1.29, 1.82) is 5.26 Å². The zero-order chi connectivity index (χ0) is 14.5. The number of piperazine rings is 1. The molecule has 1 heterocycles. The van der Waals surface area contributed by atoms with E-state index in [0.29, 0.717) is 18.0 Å². The van der Waals surface area contributed by atoms with Crippen LogP contribution in [0.2, 0.25) is 0 Å². The monoisotopic (exact) mass is 271 g/mol. The fraction of sp³-hybridized carbons (Fsp3) is 0.500. The van der Waals surface area contributed by atoms with E-state index < -0.39 is 0 Å². The molecule has 1 aromatic rings. The van der Waals surface area contributed by atoms with E-state index in [1.54, 1.807) is 12.1 Å². The molecule has 0 atom stereocenters. The highest BCUT2D eigenvalue weighted by molar-refractivity contribution is 5.78. The standard InChI is InChI=1S/C16H21N3O/c1-13(2)18-7-9-19(10-8-18)16(20)11-14-3-5-15(12-17)6-4-14/h3-6,13H,7-11H2,1-2H3. The van der Waals surface area contributed by atoms with Crippen molar-refractivity contribution in [2.24, 2.45) is 0 Å². The van der Waals surface area contributed by atoms with Crippen molar-refractivity contribution in [3.05, 3.63) is 35.4 Å². The Balaban J connectivity index is 1.88. The lowest BCUT2D eigenvalue weighted by Crippen LogP contribution is -2.51. The smallest absolute Gasteiger partial charge is 0.227 e. The Morgan fingerprint density at radius 3 is 2.30 bits per heavy atom. The molecule has 1 amide bonds. The first-order valence-corrected chi connectivity index (χ1v) is 7.11. The Kier molecular flexibility index (Phi) is 4.75. The van der Waals surface area contributed by atoms with E-state index in [1.807, 2.05) is 17.0 Å². The molecule has 106 valence electrons. The maximum atomic E-state index is 12.2. The first-order valence-electron chi connectivity index (χ1n) is 7.11. The third-order valence-electron chi connectivity index (χ3n) is 3.84. The van der Waals surface area contributed by atoms with Crippen LogP contribution >= 0.6 is 0 Å². The lowest BCUT2D eigenvalue weighted by Gasteiger charge is -2.37. The summed E-state index contributed by atoms with van der Waals surface area (Å²) >= 11 is 0. The molecule has 20 heavy (non-hydrogen) atoms. The van der Waals surface area contributed by atoms with Crippen LogP contribution in [0, 0.1) is 11.3 Å². The largest absolute Gasteiger partial charge is 0.340 e. The van der Waals surface area contributed by atoms with Gasteiger partial charge in [-0.05, 0) is 31.5 Å². The number of carbonyl (C=O) groups excluding carboxylic acids is 1. The summed E-state index contributed by atoms with van der Waals surface area (Å²) in [6.45, 7) is 7.91. The predicted octanol–water partition coefficient (Wildman–Crippen LogP) is 1.65. The summed E-state index contributed by atoms with van der Waals surface area (Å²) in [6.07, 6.45) is 0.424. The van der Waals surface area contributed by atoms with Crippen LogP contribution in [0.4, 0.5) is 0 Å². The Morgan fingerprint density at radius 2 is 1.80 bits per heavy atom. The van der Waals surface area contributed by atoms with E-state index in [1.165, 1.54) is 0 Å². The second kappa shape index (κ2) is 6.53. The molecule has 1 aliphatic rings. The van der Waals surface area contributed by atoms with Crippen molar-refractivity contribution < 1.29 is 4.79 Å². The number of benzene rings is 1. The van der Waals surface area contributed by atoms with Gasteiger partial charge in [-0.1, -0.05) is 12.1 Å². The van der Waals surface area contributed by atoms with Crippen molar-refractivity contribution in [2.45, 2.75) is 26.3 Å². The molecule has 0 radical (unpaired) electrons. The summed E-state index contributed by atoms with van der Waals surface area (Å²) < 4.78 is 0. The van der Waals surface area contributed by atoms with E-state index in [9.17, 15) is 4.79 Å². The second-order valence-corrected chi connectivity index (χ2v) is 5.50. The van der Waals surface area contributed by atoms with Gasteiger partial charge in [0.1, 0.15) is 0 Å². The van der Waals surface area contributed by atoms with E-state index in [-0.39, 0.29) is 5.91 Å². The van der Waals surface area contributed by atoms with Crippen LogP contribution in [0.5, 0.6) is 0 Å². The maximum Gasteiger partial charge on any atom is 0.227 e. The van der Waals surface area contributed by atoms with Gasteiger partial charge >= 0.3 is 0 Å². The molecular formula is C16H21N3O. The quantitative estimate of drug-likeness (QED) is 0.840. The molecule has 0 saturated carbocycles. The zero-order valence-electron chi connectivity index (χ0n) is 12.2. The number of amides is 1. The van der Waals surface area contributed by atoms with Crippen LogP contribution in [0.15, 0.2) is 24.3 Å². The van der Waals surface area contributed by atoms with Crippen LogP contribution in [0.3, 0.4) is 0 Å². The number of hydrogen-bond donors (Lipinski definition) is 0. The zero-order valence-corrected chi connectivity index (χ0v) is 12.2. The summed E-state index contributed by atoms with van der Waals surface area (Å²) in [6, 6.07) is 9.88. The van der Waals surface area contributed by atoms with Gasteiger partial charge in [0, 0.05) is 32.2 Å². The molecule has 1 fully saturated rings. The Morgan fingerprint density at radius 1 is 1.20 bits per heavy atom. The molecule has 0 bridgehead atoms. The minimum atomic E-state index is 0.179. The number of carbonyl (C=O) groups is 1. The van der Waals surface area contributed by atoms with Gasteiger partial charge in [0.25, 0.3) is 0 Å². The molecular weight excluding hydrogens is 250 g/mol. The van der Waals surface area contributed by atoms with Gasteiger partial charge in [0.05, 0.1) is 18.1 Å². The molecule has 4 heteroatoms. The highest BCUT2D eigenvalue weighted by Crippen LogP contribution is 2.10. The van der Waals surface area contributed by atoms with E-state index in [4.69, 9.17) is 5.26 Å². The van der Waals surface area contributed by atoms with Gasteiger partial charge in [0.2, 0.25) is 5.91 Å². The minimum Gasteiger partial charge on any atom is -0.340 e. The first kappa shape index (κ1) is 14.5. The fourth-order valence-electron chi connectivity index (χ4n) is 2.47. The predicted molar refractivity (Wildman–Crippen MR) is 78.2 cm³/mol. The first-order chi connectivity index (χ1) is 9.60. The van der Waals surface area contributed by atoms with E-state index >= 15 is 0 Å². The number of hydrogen-bond acceptors (Lipinski definition) is 3. The third-order valence-corrected chi connectivity index (χ3v) is 3.84. The summed E-state index contributed by atoms with van der Waals surface area (Å²) in [7, 11) is 0. The van der Waals surface area contributed by atoms with Gasteiger partial charge in [-0.2, -0.15) is 5.26 Å². The second-order valence-electron chi connectivity index (χ2n) is 5.50. The van der Waals surface area contributed by atoms with E-state index in [0.717, 1.165) is 31.7 Å². The third kappa shape index (κ3) is 3.58. The van der Waals surface area contributed by atoms with Crippen LogP contribution in [-0.2, 0) is 11.2 Å². The lowest BCUT2D eigenvalue weighted by molar-refractivity contribution is -0.132. The van der Waals surface area contributed by atoms with Gasteiger partial charge in [-0.15, -0.1) is 0 Å². The topological polar surface area (TPSA) is 47.3 Å². The minimum absolute atomic E-state index is 0.179. The van der Waals surface area contributed by atoms with Gasteiger partial charge in [0.15, 0.2) is 0 Å². The summed E-state index contributed by atoms with van der Waals surface area (Å²) in [5.41, 5.74) is 1.60. The normalized spacial score (nSPS) is 16.2. The SMILES string of the molecule is CC(C)N1CCN(C(=O)Cc2ccc(C#N)cc2)CC1. The van der Waals surface area contributed by atoms with Gasteiger partial charge in [-0.3, -0.25) is 9.69 Å². The fourth-order valence-corrected chi connectivity index (χ4v) is 2.47. The van der Waals surface area contributed by atoms with Gasteiger partial charge < -0.3 is 4.90 Å². The molecule has 0 aliphatic carbocycles. The molecule has 2 rings (SSSR count). The Bertz CT molecular complexity index is 493. The molecule has 1 aliphatic heterocycles. The molecule has 0 spiro atoms. The van der Waals surface area contributed by atoms with Crippen molar-refractivity contribution in [2.75, 3.05) is 26.2 Å². The highest BCUT2D eigenvalue weighted by Gasteiger charge is 2.22. The van der Waals surface area contributed by atoms with Crippen molar-refractivity contribution in [3.63, 3.8) is 0 Å². The lowest BCUT2D eigenvalue weighted by atomic mass is 10.1. The number of rotatable bonds is 3. The van der Waals surface area contributed by atoms with Crippen LogP contribution in [-0.4, -0.2) is 47.9 Å². The molecule has 1 saturated heterocycles. The molecule has 0 N–H and O–H groups in total. The van der Waals surface area contributed by atoms with Crippen molar-refractivity contribution in [1.82, 2.24) is 9.80 Å². The maximum absolute atomic E-state index is 12.2. The average Bonchev–Trinajstić information content (AvgIpc) is 2.48. The molecule has 4 nitrogen and oxygen atoms in total. The summed E-state index contributed by atoms with van der Waals surface area (Å²) in [5, 5.41) is 8.75. The van der Waals surface area contributed by atoms with E-state index in [2.05, 4.69) is 24.8 Å². The van der Waals surface area contributed by atoms with Crippen LogP contribution in [0.1, 0.15) is 25.0 Å². The van der Waals surface area contributed by atoms with Gasteiger partial charge in [-0.25, -0.2) is 0 Å². The molecule has 0 aromatic heterocycles. The number of nitriles is 1. The van der Waals surface area contributed by atoms with Crippen molar-refractivity contribution in [3.8, 4) is 6.07 Å². The average molecular weight is 271 g/mol. The van der Waals surface area contributed by atoms with Crippen LogP contribution in [0.25, 0.3) is 0 Å². The Hall–Kier alpha value is -1.86. The van der Waals surface area contributed by atoms with Crippen molar-refractivity contribution >= 4 is 5.91 Å². The molecule has 0 unspecified atom stereocenters. The van der Waals surface area contributed by atoms with Crippen LogP contribution < -0.4 is 0 Å². The summed E-state index contributed by atoms with van der Waals surface area (Å²) in [5.74, 6) is 0.179. The highest BCUT2D eigenvalue weighted by atomic mass is 16.2. The Labute approximate surface area is 120 Å². The molecule has 1 aromatic carbocycles.